The third-order valence-electron chi connectivity index (χ3n) is 5.36. The molecule has 0 fully saturated rings. The van der Waals surface area contributed by atoms with Crippen molar-refractivity contribution in [1.29, 1.82) is 0 Å². The van der Waals surface area contributed by atoms with Crippen LogP contribution in [0.1, 0.15) is 33.6 Å². The summed E-state index contributed by atoms with van der Waals surface area (Å²) in [4.78, 5) is 20.4. The average molecular weight is 474 g/mol. The Balaban J connectivity index is 1.63. The molecular weight excluding hydrogens is 457 g/mol. The number of rotatable bonds is 3. The third-order valence-corrected chi connectivity index (χ3v) is 8.15. The van der Waals surface area contributed by atoms with E-state index in [0.717, 1.165) is 46.5 Å². The zero-order valence-corrected chi connectivity index (χ0v) is 18.9. The number of carbonyl (C=O) groups is 1. The number of hydrogen-bond acceptors (Lipinski definition) is 5. The number of hydrogen-bond donors (Lipinski definition) is 2. The minimum absolute atomic E-state index is 0.304. The summed E-state index contributed by atoms with van der Waals surface area (Å²) in [7, 11) is 0. The first-order chi connectivity index (χ1) is 14.5. The molecule has 0 atom stereocenters. The number of amides is 1. The van der Waals surface area contributed by atoms with Crippen LogP contribution in [0.5, 0.6) is 0 Å². The Morgan fingerprint density at radius 3 is 2.67 bits per heavy atom. The van der Waals surface area contributed by atoms with Crippen LogP contribution in [-0.2, 0) is 12.8 Å². The number of nitrogens with one attached hydrogen (secondary N) is 1. The molecular formula is C22H17Cl2N3OS2. The smallest absolute Gasteiger partial charge is 0.267 e. The minimum Gasteiger partial charge on any atom is -0.397 e. The summed E-state index contributed by atoms with van der Waals surface area (Å²) in [5.41, 5.74) is 11.0. The van der Waals surface area contributed by atoms with Crippen LogP contribution in [0, 0.1) is 0 Å². The molecule has 0 spiro atoms. The van der Waals surface area contributed by atoms with Gasteiger partial charge in [0.1, 0.15) is 9.71 Å². The Kier molecular flexibility index (Phi) is 5.19. The van der Waals surface area contributed by atoms with E-state index in [1.54, 1.807) is 29.5 Å². The average Bonchev–Trinajstić information content (AvgIpc) is 3.39. The van der Waals surface area contributed by atoms with Crippen LogP contribution in [0.25, 0.3) is 20.8 Å². The van der Waals surface area contributed by atoms with Crippen molar-refractivity contribution in [3.63, 3.8) is 0 Å². The van der Waals surface area contributed by atoms with Gasteiger partial charge in [-0.2, -0.15) is 0 Å². The van der Waals surface area contributed by atoms with Gasteiger partial charge in [-0.3, -0.25) is 4.79 Å². The number of carbonyl (C=O) groups excluding carboxylic acids is 1. The Hall–Kier alpha value is -2.12. The van der Waals surface area contributed by atoms with E-state index in [2.05, 4.69) is 16.8 Å². The van der Waals surface area contributed by atoms with E-state index in [1.807, 2.05) is 6.07 Å². The van der Waals surface area contributed by atoms with E-state index < -0.39 is 0 Å². The molecule has 3 aromatic heterocycles. The molecule has 1 aromatic carbocycles. The van der Waals surface area contributed by atoms with E-state index in [4.69, 9.17) is 33.9 Å². The first-order valence-corrected chi connectivity index (χ1v) is 12.0. The first kappa shape index (κ1) is 19.8. The highest BCUT2D eigenvalue weighted by molar-refractivity contribution is 7.21. The topological polar surface area (TPSA) is 68.0 Å². The van der Waals surface area contributed by atoms with Crippen LogP contribution in [0.4, 0.5) is 11.4 Å². The first-order valence-electron chi connectivity index (χ1n) is 9.57. The predicted octanol–water partition coefficient (Wildman–Crippen LogP) is 7.04. The molecule has 3 heterocycles. The largest absolute Gasteiger partial charge is 0.397 e. The van der Waals surface area contributed by atoms with Gasteiger partial charge < -0.3 is 11.1 Å². The third kappa shape index (κ3) is 3.28. The standard InChI is InChI=1S/C22H17Cl2N3OS2/c23-13-7-3-8-14(17(13)24)26-21(28)20-18(25)16-11-5-1-2-6-12(11)19(27-22(16)30-20)15-9-4-10-29-15/h3-4,7-10H,1-2,5-6,25H2,(H,26,28). The van der Waals surface area contributed by atoms with Crippen LogP contribution in [-0.4, -0.2) is 10.9 Å². The maximum Gasteiger partial charge on any atom is 0.267 e. The molecule has 0 radical (unpaired) electrons. The minimum atomic E-state index is -0.304. The lowest BCUT2D eigenvalue weighted by atomic mass is 9.88. The number of nitrogens with two attached hydrogens (primary N) is 1. The molecule has 152 valence electrons. The normalized spacial score (nSPS) is 13.4. The van der Waals surface area contributed by atoms with Crippen molar-refractivity contribution in [3.05, 3.63) is 61.8 Å². The number of nitrogen functional groups attached to an aromatic ring is 1. The highest BCUT2D eigenvalue weighted by Gasteiger charge is 2.26. The highest BCUT2D eigenvalue weighted by atomic mass is 35.5. The Labute approximate surface area is 191 Å². The number of pyridine rings is 1. The van der Waals surface area contributed by atoms with Crippen molar-refractivity contribution >= 4 is 73.4 Å². The number of halogens is 2. The summed E-state index contributed by atoms with van der Waals surface area (Å²) in [6, 6.07) is 9.26. The molecule has 1 aliphatic carbocycles. The van der Waals surface area contributed by atoms with Crippen molar-refractivity contribution in [2.45, 2.75) is 25.7 Å². The van der Waals surface area contributed by atoms with Gasteiger partial charge in [0.05, 0.1) is 32.0 Å². The van der Waals surface area contributed by atoms with Crippen molar-refractivity contribution < 1.29 is 4.79 Å². The van der Waals surface area contributed by atoms with E-state index in [1.165, 1.54) is 22.5 Å². The molecule has 1 amide bonds. The Bertz CT molecular complexity index is 1280. The fraction of sp³-hybridized carbons (Fsp3) is 0.182. The summed E-state index contributed by atoms with van der Waals surface area (Å²) in [6.45, 7) is 0. The molecule has 0 unspecified atom stereocenters. The molecule has 4 aromatic rings. The van der Waals surface area contributed by atoms with Gasteiger partial charge >= 0.3 is 0 Å². The van der Waals surface area contributed by atoms with Gasteiger partial charge in [-0.1, -0.05) is 35.3 Å². The summed E-state index contributed by atoms with van der Waals surface area (Å²) < 4.78 is 0. The zero-order valence-electron chi connectivity index (χ0n) is 15.8. The van der Waals surface area contributed by atoms with Gasteiger partial charge in [0.15, 0.2) is 0 Å². The molecule has 4 nitrogen and oxygen atoms in total. The maximum atomic E-state index is 13.0. The molecule has 0 aliphatic heterocycles. The number of benzene rings is 1. The van der Waals surface area contributed by atoms with E-state index in [0.29, 0.717) is 26.3 Å². The van der Waals surface area contributed by atoms with Crippen LogP contribution in [0.3, 0.4) is 0 Å². The Morgan fingerprint density at radius 2 is 1.90 bits per heavy atom. The second-order valence-corrected chi connectivity index (χ2v) is 9.91. The monoisotopic (exact) mass is 473 g/mol. The number of fused-ring (bicyclic) bond motifs is 3. The van der Waals surface area contributed by atoms with Gasteiger partial charge in [-0.15, -0.1) is 22.7 Å². The predicted molar refractivity (Wildman–Crippen MR) is 128 cm³/mol. The number of thiophene rings is 2. The molecule has 0 bridgehead atoms. The lowest BCUT2D eigenvalue weighted by Gasteiger charge is -2.19. The zero-order chi connectivity index (χ0) is 20.8. The number of nitrogens with zero attached hydrogens (tertiary/aromatic N) is 1. The van der Waals surface area contributed by atoms with Gasteiger partial charge in [0.25, 0.3) is 5.91 Å². The molecule has 3 N–H and O–H groups in total. The molecule has 5 rings (SSSR count). The number of aromatic nitrogens is 1. The maximum absolute atomic E-state index is 13.0. The molecule has 30 heavy (non-hydrogen) atoms. The summed E-state index contributed by atoms with van der Waals surface area (Å²) in [5, 5.41) is 6.52. The van der Waals surface area contributed by atoms with Crippen molar-refractivity contribution in [3.8, 4) is 10.6 Å². The lowest BCUT2D eigenvalue weighted by molar-refractivity contribution is 0.103. The second-order valence-electron chi connectivity index (χ2n) is 7.18. The van der Waals surface area contributed by atoms with Crippen LogP contribution in [0.15, 0.2) is 35.7 Å². The second kappa shape index (κ2) is 7.85. The number of aryl methyl sites for hydroxylation is 1. The van der Waals surface area contributed by atoms with Gasteiger partial charge in [-0.05, 0) is 60.4 Å². The molecule has 8 heteroatoms. The molecule has 1 aliphatic rings. The van der Waals surface area contributed by atoms with Crippen molar-refractivity contribution in [1.82, 2.24) is 4.98 Å². The fourth-order valence-electron chi connectivity index (χ4n) is 3.98. The van der Waals surface area contributed by atoms with Crippen LogP contribution >= 0.6 is 45.9 Å². The summed E-state index contributed by atoms with van der Waals surface area (Å²) in [6.07, 6.45) is 4.20. The fourth-order valence-corrected chi connectivity index (χ4v) is 6.09. The summed E-state index contributed by atoms with van der Waals surface area (Å²) in [5.74, 6) is -0.304. The highest BCUT2D eigenvalue weighted by Crippen LogP contribution is 2.43. The van der Waals surface area contributed by atoms with Gasteiger partial charge in [0, 0.05) is 5.39 Å². The van der Waals surface area contributed by atoms with E-state index in [-0.39, 0.29) is 5.91 Å². The summed E-state index contributed by atoms with van der Waals surface area (Å²) >= 11 is 15.3. The quantitative estimate of drug-likeness (QED) is 0.335. The molecule has 0 saturated heterocycles. The van der Waals surface area contributed by atoms with Crippen LogP contribution in [0.2, 0.25) is 10.0 Å². The SMILES string of the molecule is Nc1c(C(=O)Nc2cccc(Cl)c2Cl)sc2nc(-c3cccs3)c3c(c12)CCCC3. The van der Waals surface area contributed by atoms with E-state index >= 15 is 0 Å². The number of anilines is 2. The Morgan fingerprint density at radius 1 is 1.10 bits per heavy atom. The molecule has 0 saturated carbocycles. The van der Waals surface area contributed by atoms with Crippen molar-refractivity contribution in [2.24, 2.45) is 0 Å². The van der Waals surface area contributed by atoms with Gasteiger partial charge in [-0.25, -0.2) is 4.98 Å². The van der Waals surface area contributed by atoms with E-state index in [9.17, 15) is 4.79 Å². The van der Waals surface area contributed by atoms with Gasteiger partial charge in [0.2, 0.25) is 0 Å². The lowest BCUT2D eigenvalue weighted by Crippen LogP contribution is -2.12. The van der Waals surface area contributed by atoms with Crippen molar-refractivity contribution in [2.75, 3.05) is 11.1 Å². The van der Waals surface area contributed by atoms with Crippen LogP contribution < -0.4 is 11.1 Å².